The normalized spacial score (nSPS) is 11.3. The lowest BCUT2D eigenvalue weighted by molar-refractivity contribution is 0.0697. The van der Waals surface area contributed by atoms with E-state index in [-0.39, 0.29) is 9.77 Å². The van der Waals surface area contributed by atoms with Crippen LogP contribution in [0.5, 0.6) is 0 Å². The van der Waals surface area contributed by atoms with Gasteiger partial charge >= 0.3 is 5.97 Å². The van der Waals surface area contributed by atoms with Gasteiger partial charge in [0, 0.05) is 4.47 Å². The molecule has 0 amide bonds. The number of halogens is 2. The van der Waals surface area contributed by atoms with Crippen molar-refractivity contribution in [3.8, 4) is 0 Å². The summed E-state index contributed by atoms with van der Waals surface area (Å²) in [5.74, 6) is -2.13. The number of aromatic carboxylic acids is 1. The minimum Gasteiger partial charge on any atom is -0.478 e. The van der Waals surface area contributed by atoms with Gasteiger partial charge in [-0.15, -0.1) is 11.3 Å². The molecule has 0 aliphatic heterocycles. The molecule has 0 bridgehead atoms. The van der Waals surface area contributed by atoms with E-state index in [9.17, 15) is 17.6 Å². The number of nitrogens with one attached hydrogen (secondary N) is 1. The van der Waals surface area contributed by atoms with Crippen LogP contribution in [0.15, 0.2) is 38.3 Å². The lowest BCUT2D eigenvalue weighted by Crippen LogP contribution is -2.13. The minimum absolute atomic E-state index is 0.0161. The maximum atomic E-state index is 13.6. The van der Waals surface area contributed by atoms with E-state index in [2.05, 4.69) is 15.9 Å². The number of rotatable bonds is 4. The molecule has 0 aliphatic rings. The molecule has 5 nitrogen and oxygen atoms in total. The molecule has 0 spiro atoms. The van der Waals surface area contributed by atoms with Gasteiger partial charge in [-0.2, -0.15) is 0 Å². The predicted molar refractivity (Wildman–Crippen MR) is 76.2 cm³/mol. The van der Waals surface area contributed by atoms with Crippen LogP contribution in [0.3, 0.4) is 0 Å². The van der Waals surface area contributed by atoms with Gasteiger partial charge in [0.15, 0.2) is 4.21 Å². The Morgan fingerprint density at radius 1 is 1.35 bits per heavy atom. The molecule has 106 valence electrons. The Bertz CT molecular complexity index is 772. The molecule has 1 aromatic carbocycles. The fraction of sp³-hybridized carbons (Fsp3) is 0. The number of hydrogen-bond acceptors (Lipinski definition) is 4. The van der Waals surface area contributed by atoms with Gasteiger partial charge in [0.2, 0.25) is 0 Å². The summed E-state index contributed by atoms with van der Waals surface area (Å²) in [5, 5.41) is 10.4. The van der Waals surface area contributed by atoms with Crippen LogP contribution in [0.25, 0.3) is 0 Å². The second-order valence-electron chi connectivity index (χ2n) is 3.66. The van der Waals surface area contributed by atoms with Crippen LogP contribution >= 0.6 is 27.3 Å². The molecule has 0 unspecified atom stereocenters. The minimum atomic E-state index is -3.98. The average molecular weight is 380 g/mol. The highest BCUT2D eigenvalue weighted by Gasteiger charge is 2.21. The van der Waals surface area contributed by atoms with E-state index in [0.29, 0.717) is 4.47 Å². The van der Waals surface area contributed by atoms with Crippen molar-refractivity contribution < 1.29 is 22.7 Å². The standard InChI is InChI=1S/C11H7BrFNO4S2/c12-7-3-4-19-11(7)20(17,18)14-9-5-6(10(15)16)1-2-8(9)13/h1-5,14H,(H,15,16). The smallest absolute Gasteiger partial charge is 0.335 e. The van der Waals surface area contributed by atoms with Gasteiger partial charge in [-0.3, -0.25) is 4.72 Å². The SMILES string of the molecule is O=C(O)c1ccc(F)c(NS(=O)(=O)c2sccc2Br)c1. The first-order valence-electron chi connectivity index (χ1n) is 5.10. The first kappa shape index (κ1) is 14.9. The number of anilines is 1. The van der Waals surface area contributed by atoms with Crippen LogP contribution in [-0.4, -0.2) is 19.5 Å². The van der Waals surface area contributed by atoms with Gasteiger partial charge < -0.3 is 5.11 Å². The van der Waals surface area contributed by atoms with E-state index in [0.717, 1.165) is 29.5 Å². The fourth-order valence-electron chi connectivity index (χ4n) is 1.40. The Balaban J connectivity index is 2.42. The van der Waals surface area contributed by atoms with Gasteiger partial charge in [-0.25, -0.2) is 17.6 Å². The van der Waals surface area contributed by atoms with E-state index in [1.807, 2.05) is 4.72 Å². The monoisotopic (exact) mass is 379 g/mol. The van der Waals surface area contributed by atoms with Gasteiger partial charge in [0.05, 0.1) is 11.3 Å². The summed E-state index contributed by atoms with van der Waals surface area (Å²) in [7, 11) is -3.98. The van der Waals surface area contributed by atoms with Crippen molar-refractivity contribution in [3.05, 3.63) is 45.5 Å². The Hall–Kier alpha value is -1.45. The number of sulfonamides is 1. The summed E-state index contributed by atoms with van der Waals surface area (Å²) < 4.78 is 40.1. The molecule has 2 rings (SSSR count). The van der Waals surface area contributed by atoms with Crippen LogP contribution in [0.2, 0.25) is 0 Å². The molecule has 0 saturated carbocycles. The number of carboxylic acids is 1. The first-order chi connectivity index (χ1) is 9.31. The molecule has 0 fully saturated rings. The molecule has 1 heterocycles. The second kappa shape index (κ2) is 5.51. The zero-order valence-electron chi connectivity index (χ0n) is 9.63. The quantitative estimate of drug-likeness (QED) is 0.854. The molecular formula is C11H7BrFNO4S2. The maximum absolute atomic E-state index is 13.6. The van der Waals surface area contributed by atoms with Crippen LogP contribution in [0, 0.1) is 5.82 Å². The van der Waals surface area contributed by atoms with Crippen LogP contribution in [-0.2, 0) is 10.0 Å². The topological polar surface area (TPSA) is 83.5 Å². The third-order valence-electron chi connectivity index (χ3n) is 2.29. The predicted octanol–water partition coefficient (Wildman–Crippen LogP) is 3.15. The van der Waals surface area contributed by atoms with E-state index >= 15 is 0 Å². The fourth-order valence-corrected chi connectivity index (χ4v) is 4.80. The zero-order chi connectivity index (χ0) is 14.9. The second-order valence-corrected chi connectivity index (χ2v) is 7.31. The zero-order valence-corrected chi connectivity index (χ0v) is 12.9. The van der Waals surface area contributed by atoms with Crippen LogP contribution in [0.4, 0.5) is 10.1 Å². The molecule has 1 aromatic heterocycles. The van der Waals surface area contributed by atoms with Crippen LogP contribution < -0.4 is 4.72 Å². The van der Waals surface area contributed by atoms with Gasteiger partial charge in [0.25, 0.3) is 10.0 Å². The highest BCUT2D eigenvalue weighted by atomic mass is 79.9. The van der Waals surface area contributed by atoms with Gasteiger partial charge in [-0.1, -0.05) is 0 Å². The lowest BCUT2D eigenvalue weighted by Gasteiger charge is -2.08. The molecule has 0 aliphatic carbocycles. The third kappa shape index (κ3) is 3.00. The molecule has 2 N–H and O–H groups in total. The number of benzene rings is 1. The number of carbonyl (C=O) groups is 1. The summed E-state index contributed by atoms with van der Waals surface area (Å²) in [5.41, 5.74) is -0.625. The molecule has 0 radical (unpaired) electrons. The Morgan fingerprint density at radius 3 is 2.60 bits per heavy atom. The van der Waals surface area contributed by atoms with Gasteiger partial charge in [0.1, 0.15) is 5.82 Å². The number of carboxylic acid groups (broad SMARTS) is 1. The summed E-state index contributed by atoms with van der Waals surface area (Å²) in [6.45, 7) is 0. The lowest BCUT2D eigenvalue weighted by atomic mass is 10.2. The van der Waals surface area contributed by atoms with Crippen molar-refractivity contribution in [1.29, 1.82) is 0 Å². The van der Waals surface area contributed by atoms with E-state index in [1.54, 1.807) is 11.4 Å². The summed E-state index contributed by atoms with van der Waals surface area (Å²) in [6.07, 6.45) is 0. The van der Waals surface area contributed by atoms with Crippen molar-refractivity contribution in [1.82, 2.24) is 0 Å². The third-order valence-corrected chi connectivity index (χ3v) is 6.32. The van der Waals surface area contributed by atoms with Gasteiger partial charge in [-0.05, 0) is 45.6 Å². The molecule has 20 heavy (non-hydrogen) atoms. The summed E-state index contributed by atoms with van der Waals surface area (Å²) in [6, 6.07) is 4.42. The summed E-state index contributed by atoms with van der Waals surface area (Å²) in [4.78, 5) is 10.8. The average Bonchev–Trinajstić information content (AvgIpc) is 2.78. The first-order valence-corrected chi connectivity index (χ1v) is 8.25. The van der Waals surface area contributed by atoms with E-state index in [4.69, 9.17) is 5.11 Å². The van der Waals surface area contributed by atoms with Crippen molar-refractivity contribution in [3.63, 3.8) is 0 Å². The van der Waals surface area contributed by atoms with E-state index in [1.165, 1.54) is 0 Å². The number of hydrogen-bond donors (Lipinski definition) is 2. The molecule has 9 heteroatoms. The van der Waals surface area contributed by atoms with Crippen molar-refractivity contribution >= 4 is 48.9 Å². The van der Waals surface area contributed by atoms with Crippen molar-refractivity contribution in [2.24, 2.45) is 0 Å². The highest BCUT2D eigenvalue weighted by molar-refractivity contribution is 9.10. The Labute approximate surface area is 126 Å². The Kier molecular flexibility index (Phi) is 4.11. The highest BCUT2D eigenvalue weighted by Crippen LogP contribution is 2.30. The largest absolute Gasteiger partial charge is 0.478 e. The summed E-state index contributed by atoms with van der Waals surface area (Å²) >= 11 is 4.03. The number of thiophene rings is 1. The Morgan fingerprint density at radius 2 is 2.05 bits per heavy atom. The van der Waals surface area contributed by atoms with Crippen LogP contribution in [0.1, 0.15) is 10.4 Å². The molecule has 0 saturated heterocycles. The van der Waals surface area contributed by atoms with Crippen molar-refractivity contribution in [2.75, 3.05) is 4.72 Å². The van der Waals surface area contributed by atoms with Crippen molar-refractivity contribution in [2.45, 2.75) is 4.21 Å². The maximum Gasteiger partial charge on any atom is 0.335 e. The van der Waals surface area contributed by atoms with E-state index < -0.39 is 27.5 Å². The molecule has 2 aromatic rings. The molecular weight excluding hydrogens is 373 g/mol. The molecule has 0 atom stereocenters.